The fraction of sp³-hybridized carbons (Fsp3) is 0.438. The van der Waals surface area contributed by atoms with Crippen LogP contribution in [0.1, 0.15) is 61.7 Å². The fourth-order valence-electron chi connectivity index (χ4n) is 2.36. The predicted octanol–water partition coefficient (Wildman–Crippen LogP) is 4.12. The first-order valence-electron chi connectivity index (χ1n) is 7.32. The highest BCUT2D eigenvalue weighted by molar-refractivity contribution is 5.88. The molecular formula is C16H20N2O3. The highest BCUT2D eigenvalue weighted by Crippen LogP contribution is 2.28. The summed E-state index contributed by atoms with van der Waals surface area (Å²) < 4.78 is 5.77. The lowest BCUT2D eigenvalue weighted by molar-refractivity contribution is 0.0697. The Bertz CT molecular complexity index is 584. The summed E-state index contributed by atoms with van der Waals surface area (Å²) in [6.45, 7) is 4.29. The van der Waals surface area contributed by atoms with Crippen molar-refractivity contribution in [2.24, 2.45) is 0 Å². The topological polar surface area (TPSA) is 76.2 Å². The van der Waals surface area contributed by atoms with Crippen LogP contribution in [0.5, 0.6) is 0 Å². The molecule has 0 unspecified atom stereocenters. The minimum atomic E-state index is -0.946. The summed E-state index contributed by atoms with van der Waals surface area (Å²) in [5.41, 5.74) is 0.985. The van der Waals surface area contributed by atoms with E-state index in [4.69, 9.17) is 9.52 Å². The second-order valence-corrected chi connectivity index (χ2v) is 5.10. The van der Waals surface area contributed by atoms with Gasteiger partial charge in [-0.2, -0.15) is 0 Å². The first kappa shape index (κ1) is 15.2. The van der Waals surface area contributed by atoms with Crippen molar-refractivity contribution in [1.82, 2.24) is 10.2 Å². The molecule has 0 aliphatic rings. The van der Waals surface area contributed by atoms with Crippen molar-refractivity contribution >= 4 is 5.97 Å². The molecule has 2 rings (SSSR count). The smallest absolute Gasteiger partial charge is 0.335 e. The quantitative estimate of drug-likeness (QED) is 0.829. The molecule has 0 saturated carbocycles. The van der Waals surface area contributed by atoms with Gasteiger partial charge < -0.3 is 9.52 Å². The van der Waals surface area contributed by atoms with E-state index in [1.54, 1.807) is 12.1 Å². The monoisotopic (exact) mass is 288 g/mol. The number of carbonyl (C=O) groups is 1. The Balaban J connectivity index is 2.20. The van der Waals surface area contributed by atoms with E-state index in [-0.39, 0.29) is 5.56 Å². The van der Waals surface area contributed by atoms with E-state index < -0.39 is 5.97 Å². The zero-order chi connectivity index (χ0) is 15.2. The number of nitrogens with zero attached hydrogens (tertiary/aromatic N) is 2. The molecule has 0 atom stereocenters. The van der Waals surface area contributed by atoms with Crippen molar-refractivity contribution in [2.75, 3.05) is 0 Å². The first-order valence-corrected chi connectivity index (χ1v) is 7.32. The molecule has 0 aliphatic carbocycles. The third-order valence-electron chi connectivity index (χ3n) is 3.44. The van der Waals surface area contributed by atoms with Crippen LogP contribution in [0.2, 0.25) is 0 Å². The molecule has 0 spiro atoms. The van der Waals surface area contributed by atoms with Gasteiger partial charge in [0.2, 0.25) is 11.8 Å². The molecule has 1 heterocycles. The van der Waals surface area contributed by atoms with E-state index in [1.165, 1.54) is 12.1 Å². The summed E-state index contributed by atoms with van der Waals surface area (Å²) >= 11 is 0. The van der Waals surface area contributed by atoms with Crippen LogP contribution in [0.4, 0.5) is 0 Å². The lowest BCUT2D eigenvalue weighted by Crippen LogP contribution is -1.98. The van der Waals surface area contributed by atoms with Gasteiger partial charge in [0.15, 0.2) is 0 Å². The standard InChI is InChI=1S/C16H20N2O3/c1-3-5-11(6-4-2)14-17-18-15(21-14)12-7-9-13(10-8-12)16(19)20/h7-11H,3-6H2,1-2H3,(H,19,20). The molecule has 0 aliphatic heterocycles. The van der Waals surface area contributed by atoms with Crippen LogP contribution in [0.25, 0.3) is 11.5 Å². The molecule has 112 valence electrons. The first-order chi connectivity index (χ1) is 10.2. The summed E-state index contributed by atoms with van der Waals surface area (Å²) in [5.74, 6) is 0.480. The number of carboxylic acid groups (broad SMARTS) is 1. The van der Waals surface area contributed by atoms with E-state index in [9.17, 15) is 4.79 Å². The molecule has 0 bridgehead atoms. The van der Waals surface area contributed by atoms with Gasteiger partial charge >= 0.3 is 5.97 Å². The van der Waals surface area contributed by atoms with Crippen LogP contribution >= 0.6 is 0 Å². The van der Waals surface area contributed by atoms with Crippen molar-refractivity contribution in [3.05, 3.63) is 35.7 Å². The number of carboxylic acids is 1. The molecule has 0 amide bonds. The van der Waals surface area contributed by atoms with Crippen LogP contribution in [-0.2, 0) is 0 Å². The van der Waals surface area contributed by atoms with Gasteiger partial charge in [0, 0.05) is 11.5 Å². The number of aromatic nitrogens is 2. The number of rotatable bonds is 7. The van der Waals surface area contributed by atoms with E-state index in [2.05, 4.69) is 24.0 Å². The fourth-order valence-corrected chi connectivity index (χ4v) is 2.36. The van der Waals surface area contributed by atoms with Crippen LogP contribution in [0, 0.1) is 0 Å². The number of hydrogen-bond donors (Lipinski definition) is 1. The molecule has 21 heavy (non-hydrogen) atoms. The summed E-state index contributed by atoms with van der Waals surface area (Å²) in [6, 6.07) is 6.46. The van der Waals surface area contributed by atoms with Crippen molar-refractivity contribution in [3.63, 3.8) is 0 Å². The van der Waals surface area contributed by atoms with Crippen LogP contribution in [0.15, 0.2) is 28.7 Å². The Morgan fingerprint density at radius 3 is 2.29 bits per heavy atom. The Morgan fingerprint density at radius 2 is 1.76 bits per heavy atom. The van der Waals surface area contributed by atoms with Crippen molar-refractivity contribution < 1.29 is 14.3 Å². The molecular weight excluding hydrogens is 268 g/mol. The Hall–Kier alpha value is -2.17. The number of aromatic carboxylic acids is 1. The number of benzene rings is 1. The third kappa shape index (κ3) is 3.68. The van der Waals surface area contributed by atoms with Gasteiger partial charge in [-0.1, -0.05) is 26.7 Å². The molecule has 5 heteroatoms. The molecule has 1 N–H and O–H groups in total. The van der Waals surface area contributed by atoms with Crippen LogP contribution < -0.4 is 0 Å². The summed E-state index contributed by atoms with van der Waals surface area (Å²) in [5, 5.41) is 17.1. The molecule has 2 aromatic rings. The van der Waals surface area contributed by atoms with Gasteiger partial charge in [0.1, 0.15) is 0 Å². The number of hydrogen-bond acceptors (Lipinski definition) is 4. The lowest BCUT2D eigenvalue weighted by atomic mass is 9.98. The van der Waals surface area contributed by atoms with Crippen molar-refractivity contribution in [2.45, 2.75) is 45.4 Å². The van der Waals surface area contributed by atoms with Gasteiger partial charge in [0.05, 0.1) is 5.56 Å². The lowest BCUT2D eigenvalue weighted by Gasteiger charge is -2.09. The summed E-state index contributed by atoms with van der Waals surface area (Å²) in [7, 11) is 0. The van der Waals surface area contributed by atoms with Crippen LogP contribution in [-0.4, -0.2) is 21.3 Å². The SMILES string of the molecule is CCCC(CCC)c1nnc(-c2ccc(C(=O)O)cc2)o1. The summed E-state index contributed by atoms with van der Waals surface area (Å²) in [6.07, 6.45) is 4.23. The molecule has 5 nitrogen and oxygen atoms in total. The maximum atomic E-state index is 10.8. The van der Waals surface area contributed by atoms with Gasteiger partial charge in [-0.25, -0.2) is 4.79 Å². The largest absolute Gasteiger partial charge is 0.478 e. The highest BCUT2D eigenvalue weighted by atomic mass is 16.4. The van der Waals surface area contributed by atoms with E-state index in [0.717, 1.165) is 31.2 Å². The zero-order valence-electron chi connectivity index (χ0n) is 12.4. The second-order valence-electron chi connectivity index (χ2n) is 5.10. The van der Waals surface area contributed by atoms with Gasteiger partial charge in [-0.15, -0.1) is 10.2 Å². The van der Waals surface area contributed by atoms with E-state index in [1.807, 2.05) is 0 Å². The molecule has 1 aromatic heterocycles. The molecule has 0 radical (unpaired) electrons. The molecule has 1 aromatic carbocycles. The minimum absolute atomic E-state index is 0.244. The maximum Gasteiger partial charge on any atom is 0.335 e. The average molecular weight is 288 g/mol. The Morgan fingerprint density at radius 1 is 1.14 bits per heavy atom. The minimum Gasteiger partial charge on any atom is -0.478 e. The molecule has 0 saturated heterocycles. The van der Waals surface area contributed by atoms with Gasteiger partial charge in [-0.05, 0) is 37.1 Å². The van der Waals surface area contributed by atoms with Crippen molar-refractivity contribution in [3.8, 4) is 11.5 Å². The average Bonchev–Trinajstić information content (AvgIpc) is 2.97. The van der Waals surface area contributed by atoms with Gasteiger partial charge in [0.25, 0.3) is 0 Å². The maximum absolute atomic E-state index is 10.8. The third-order valence-corrected chi connectivity index (χ3v) is 3.44. The van der Waals surface area contributed by atoms with E-state index in [0.29, 0.717) is 17.7 Å². The Labute approximate surface area is 124 Å². The highest BCUT2D eigenvalue weighted by Gasteiger charge is 2.18. The van der Waals surface area contributed by atoms with Crippen molar-refractivity contribution in [1.29, 1.82) is 0 Å². The normalized spacial score (nSPS) is 11.0. The zero-order valence-corrected chi connectivity index (χ0v) is 12.4. The predicted molar refractivity (Wildman–Crippen MR) is 79.3 cm³/mol. The second kappa shape index (κ2) is 7.02. The van der Waals surface area contributed by atoms with Crippen LogP contribution in [0.3, 0.4) is 0 Å². The summed E-state index contributed by atoms with van der Waals surface area (Å²) in [4.78, 5) is 10.8. The molecule has 0 fully saturated rings. The van der Waals surface area contributed by atoms with Gasteiger partial charge in [-0.3, -0.25) is 0 Å². The Kier molecular flexibility index (Phi) is 5.09. The van der Waals surface area contributed by atoms with E-state index >= 15 is 0 Å².